The largest absolute Gasteiger partial charge is 0.496 e. The highest BCUT2D eigenvalue weighted by atomic mass is 32.2. The Morgan fingerprint density at radius 1 is 1.03 bits per heavy atom. The van der Waals surface area contributed by atoms with E-state index in [1.807, 2.05) is 78.9 Å². The number of benzene rings is 3. The van der Waals surface area contributed by atoms with Crippen LogP contribution in [0.2, 0.25) is 0 Å². The lowest BCUT2D eigenvalue weighted by molar-refractivity contribution is -0.118. The number of carbonyl (C=O) groups excluding carboxylic acids is 1. The maximum Gasteiger partial charge on any atom is 0.267 e. The van der Waals surface area contributed by atoms with Crippen LogP contribution in [0.1, 0.15) is 16.7 Å². The van der Waals surface area contributed by atoms with Crippen LogP contribution in [0, 0.1) is 13.8 Å². The second-order valence-corrected chi connectivity index (χ2v) is 9.39. The molecule has 5 rings (SSSR count). The normalized spacial score (nSPS) is 11.2. The SMILES string of the molecule is COc1ccccc1CNC(=O)CSc1nnc2n(-c3ccc(C)cc3C)c(=O)c3ccccc3n12. The lowest BCUT2D eigenvalue weighted by atomic mass is 10.1. The van der Waals surface area contributed by atoms with Crippen LogP contribution in [0.25, 0.3) is 22.4 Å². The predicted octanol–water partition coefficient (Wildman–Crippen LogP) is 4.07. The number of carbonyl (C=O) groups is 1. The third-order valence-corrected chi connectivity index (χ3v) is 6.92. The Balaban J connectivity index is 1.48. The van der Waals surface area contributed by atoms with Gasteiger partial charge in [0, 0.05) is 12.1 Å². The van der Waals surface area contributed by atoms with Gasteiger partial charge >= 0.3 is 0 Å². The first kappa shape index (κ1) is 23.6. The maximum absolute atomic E-state index is 13.5. The molecule has 3 aromatic carbocycles. The number of thioether (sulfide) groups is 1. The summed E-state index contributed by atoms with van der Waals surface area (Å²) in [5.74, 6) is 1.13. The summed E-state index contributed by atoms with van der Waals surface area (Å²) < 4.78 is 8.79. The number of amides is 1. The summed E-state index contributed by atoms with van der Waals surface area (Å²) in [7, 11) is 1.61. The molecule has 0 bridgehead atoms. The molecule has 0 aliphatic heterocycles. The number of aryl methyl sites for hydroxylation is 2. The van der Waals surface area contributed by atoms with Crippen LogP contribution < -0.4 is 15.6 Å². The summed E-state index contributed by atoms with van der Waals surface area (Å²) in [4.78, 5) is 26.2. The van der Waals surface area contributed by atoms with E-state index in [1.165, 1.54) is 11.8 Å². The molecule has 2 heterocycles. The van der Waals surface area contributed by atoms with Crippen molar-refractivity contribution in [3.63, 3.8) is 0 Å². The van der Waals surface area contributed by atoms with Crippen LogP contribution in [0.5, 0.6) is 5.75 Å². The molecule has 9 heteroatoms. The van der Waals surface area contributed by atoms with E-state index in [4.69, 9.17) is 4.74 Å². The minimum atomic E-state index is -0.163. The van der Waals surface area contributed by atoms with Crippen LogP contribution in [0.15, 0.2) is 76.7 Å². The average molecular weight is 500 g/mol. The molecule has 0 fully saturated rings. The van der Waals surface area contributed by atoms with Gasteiger partial charge in [-0.2, -0.15) is 0 Å². The van der Waals surface area contributed by atoms with Crippen molar-refractivity contribution >= 4 is 34.3 Å². The number of hydrogen-bond donors (Lipinski definition) is 1. The van der Waals surface area contributed by atoms with Gasteiger partial charge in [0.05, 0.1) is 29.5 Å². The number of nitrogens with zero attached hydrogens (tertiary/aromatic N) is 4. The summed E-state index contributed by atoms with van der Waals surface area (Å²) in [5, 5.41) is 12.7. The second kappa shape index (κ2) is 9.87. The molecular formula is C27H25N5O3S. The second-order valence-electron chi connectivity index (χ2n) is 8.44. The van der Waals surface area contributed by atoms with Gasteiger partial charge < -0.3 is 10.1 Å². The van der Waals surface area contributed by atoms with Crippen molar-refractivity contribution in [3.8, 4) is 11.4 Å². The van der Waals surface area contributed by atoms with E-state index in [2.05, 4.69) is 15.5 Å². The minimum absolute atomic E-state index is 0.144. The lowest BCUT2D eigenvalue weighted by Crippen LogP contribution is -2.25. The maximum atomic E-state index is 13.5. The number of para-hydroxylation sites is 2. The van der Waals surface area contributed by atoms with Gasteiger partial charge in [0.25, 0.3) is 5.56 Å². The number of methoxy groups -OCH3 is 1. The average Bonchev–Trinajstić information content (AvgIpc) is 3.31. The zero-order chi connectivity index (χ0) is 25.2. The van der Waals surface area contributed by atoms with Gasteiger partial charge in [-0.25, -0.2) is 4.57 Å². The van der Waals surface area contributed by atoms with Crippen molar-refractivity contribution in [3.05, 3.63) is 93.8 Å². The topological polar surface area (TPSA) is 90.5 Å². The van der Waals surface area contributed by atoms with Gasteiger partial charge in [-0.3, -0.25) is 14.0 Å². The Morgan fingerprint density at radius 2 is 1.81 bits per heavy atom. The van der Waals surface area contributed by atoms with Crippen LogP contribution in [-0.4, -0.2) is 37.9 Å². The molecular weight excluding hydrogens is 474 g/mol. The summed E-state index contributed by atoms with van der Waals surface area (Å²) in [5.41, 5.74) is 4.25. The number of nitrogens with one attached hydrogen (secondary N) is 1. The predicted molar refractivity (Wildman–Crippen MR) is 141 cm³/mol. The minimum Gasteiger partial charge on any atom is -0.496 e. The van der Waals surface area contributed by atoms with Crippen molar-refractivity contribution in [2.45, 2.75) is 25.5 Å². The van der Waals surface area contributed by atoms with Crippen LogP contribution in [0.4, 0.5) is 0 Å². The monoisotopic (exact) mass is 499 g/mol. The summed E-state index contributed by atoms with van der Waals surface area (Å²) in [6, 6.07) is 20.9. The van der Waals surface area contributed by atoms with Crippen molar-refractivity contribution in [1.29, 1.82) is 0 Å². The number of hydrogen-bond acceptors (Lipinski definition) is 6. The molecule has 0 aliphatic rings. The third-order valence-electron chi connectivity index (χ3n) is 5.99. The molecule has 1 N–H and O–H groups in total. The molecule has 5 aromatic rings. The first-order valence-electron chi connectivity index (χ1n) is 11.5. The van der Waals surface area contributed by atoms with E-state index in [1.54, 1.807) is 17.7 Å². The molecule has 0 saturated heterocycles. The smallest absolute Gasteiger partial charge is 0.267 e. The molecule has 0 radical (unpaired) electrons. The van der Waals surface area contributed by atoms with Gasteiger partial charge in [-0.15, -0.1) is 10.2 Å². The lowest BCUT2D eigenvalue weighted by Gasteiger charge is -2.13. The molecule has 1 amide bonds. The molecule has 0 aliphatic carbocycles. The van der Waals surface area contributed by atoms with Gasteiger partial charge in [0.15, 0.2) is 5.16 Å². The van der Waals surface area contributed by atoms with E-state index in [0.717, 1.165) is 28.1 Å². The van der Waals surface area contributed by atoms with Crippen LogP contribution >= 0.6 is 11.8 Å². The molecule has 2 aromatic heterocycles. The molecule has 8 nitrogen and oxygen atoms in total. The fraction of sp³-hybridized carbons (Fsp3) is 0.185. The van der Waals surface area contributed by atoms with Crippen molar-refractivity contribution in [2.24, 2.45) is 0 Å². The Hall–Kier alpha value is -4.11. The summed E-state index contributed by atoms with van der Waals surface area (Å²) >= 11 is 1.27. The highest BCUT2D eigenvalue weighted by Gasteiger charge is 2.19. The Bertz CT molecular complexity index is 1660. The number of ether oxygens (including phenoxy) is 1. The quantitative estimate of drug-likeness (QED) is 0.340. The first-order valence-corrected chi connectivity index (χ1v) is 12.4. The van der Waals surface area contributed by atoms with Crippen molar-refractivity contribution in [1.82, 2.24) is 24.5 Å². The van der Waals surface area contributed by atoms with Crippen molar-refractivity contribution < 1.29 is 9.53 Å². The van der Waals surface area contributed by atoms with E-state index in [9.17, 15) is 9.59 Å². The summed E-state index contributed by atoms with van der Waals surface area (Å²) in [6.45, 7) is 4.35. The molecule has 0 saturated carbocycles. The van der Waals surface area contributed by atoms with Crippen molar-refractivity contribution in [2.75, 3.05) is 12.9 Å². The zero-order valence-corrected chi connectivity index (χ0v) is 21.0. The van der Waals surface area contributed by atoms with Gasteiger partial charge in [-0.1, -0.05) is 59.8 Å². The van der Waals surface area contributed by atoms with Crippen LogP contribution in [-0.2, 0) is 11.3 Å². The van der Waals surface area contributed by atoms with E-state index >= 15 is 0 Å². The number of rotatable bonds is 7. The van der Waals surface area contributed by atoms with E-state index < -0.39 is 0 Å². The van der Waals surface area contributed by atoms with E-state index in [0.29, 0.717) is 28.4 Å². The van der Waals surface area contributed by atoms with E-state index in [-0.39, 0.29) is 17.2 Å². The van der Waals surface area contributed by atoms with Crippen LogP contribution in [0.3, 0.4) is 0 Å². The molecule has 0 atom stereocenters. The summed E-state index contributed by atoms with van der Waals surface area (Å²) in [6.07, 6.45) is 0. The molecule has 0 spiro atoms. The Kier molecular flexibility index (Phi) is 6.47. The van der Waals surface area contributed by atoms with Gasteiger partial charge in [0.1, 0.15) is 5.75 Å². The fourth-order valence-corrected chi connectivity index (χ4v) is 5.04. The number of aromatic nitrogens is 4. The Morgan fingerprint density at radius 3 is 2.61 bits per heavy atom. The molecule has 36 heavy (non-hydrogen) atoms. The standard InChI is InChI=1S/C27H25N5O3S/c1-17-12-13-21(18(2)14-17)31-25(34)20-9-5-6-10-22(20)32-26(31)29-30-27(32)36-16-24(33)28-15-19-8-4-7-11-23(19)35-3/h4-14H,15-16H2,1-3H3,(H,28,33). The van der Waals surface area contributed by atoms with Gasteiger partial charge in [0.2, 0.25) is 11.7 Å². The molecule has 182 valence electrons. The fourth-order valence-electron chi connectivity index (χ4n) is 4.27. The van der Waals surface area contributed by atoms with Gasteiger partial charge in [-0.05, 0) is 43.7 Å². The zero-order valence-electron chi connectivity index (χ0n) is 20.2. The molecule has 0 unspecified atom stereocenters. The highest BCUT2D eigenvalue weighted by Crippen LogP contribution is 2.24. The first-order chi connectivity index (χ1) is 17.5. The Labute approximate surface area is 211 Å². The number of fused-ring (bicyclic) bond motifs is 3. The third kappa shape index (κ3) is 4.33. The highest BCUT2D eigenvalue weighted by molar-refractivity contribution is 7.99.